The molecule has 1 amide bonds. The van der Waals surface area contributed by atoms with Crippen molar-refractivity contribution < 1.29 is 13.2 Å². The Morgan fingerprint density at radius 2 is 1.71 bits per heavy atom. The van der Waals surface area contributed by atoms with Gasteiger partial charge in [0.15, 0.2) is 0 Å². The number of amides is 1. The molecule has 2 N–H and O–H groups in total. The van der Waals surface area contributed by atoms with Crippen LogP contribution in [0.3, 0.4) is 0 Å². The van der Waals surface area contributed by atoms with Crippen molar-refractivity contribution in [3.63, 3.8) is 0 Å². The number of carbonyl (C=O) groups is 1. The minimum absolute atomic E-state index is 0.194. The molecular formula is C12H11N3O5S. The second-order valence-electron chi connectivity index (χ2n) is 4.12. The molecule has 0 aliphatic carbocycles. The van der Waals surface area contributed by atoms with Crippen LogP contribution in [0.2, 0.25) is 0 Å². The van der Waals surface area contributed by atoms with Crippen molar-refractivity contribution in [1.29, 1.82) is 0 Å². The first kappa shape index (κ1) is 14.7. The van der Waals surface area contributed by atoms with E-state index in [1.165, 1.54) is 31.2 Å². The summed E-state index contributed by atoms with van der Waals surface area (Å²) in [4.78, 5) is 33.4. The number of nitrogens with zero attached hydrogens (tertiary/aromatic N) is 1. The van der Waals surface area contributed by atoms with E-state index >= 15 is 0 Å². The maximum absolute atomic E-state index is 12.2. The molecule has 0 saturated heterocycles. The van der Waals surface area contributed by atoms with Gasteiger partial charge in [-0.3, -0.25) is 14.4 Å². The average molecular weight is 309 g/mol. The van der Waals surface area contributed by atoms with E-state index in [1.807, 2.05) is 5.10 Å². The number of hydrogen-bond donors (Lipinski definition) is 2. The summed E-state index contributed by atoms with van der Waals surface area (Å²) < 4.78 is 24.8. The maximum Gasteiger partial charge on any atom is 0.284 e. The van der Waals surface area contributed by atoms with E-state index in [0.29, 0.717) is 5.69 Å². The first-order valence-electron chi connectivity index (χ1n) is 5.76. The molecular weight excluding hydrogens is 298 g/mol. The molecule has 21 heavy (non-hydrogen) atoms. The predicted octanol–water partition coefficient (Wildman–Crippen LogP) is -0.268. The van der Waals surface area contributed by atoms with Crippen molar-refractivity contribution in [2.24, 2.45) is 0 Å². The molecule has 1 heterocycles. The molecule has 0 atom stereocenters. The van der Waals surface area contributed by atoms with Gasteiger partial charge in [0.1, 0.15) is 0 Å². The summed E-state index contributed by atoms with van der Waals surface area (Å²) in [7, 11) is -4.20. The maximum atomic E-state index is 12.2. The Kier molecular flexibility index (Phi) is 3.76. The Bertz CT molecular complexity index is 893. The molecule has 0 aliphatic rings. The average Bonchev–Trinajstić information content (AvgIpc) is 2.41. The minimum Gasteiger partial charge on any atom is -0.326 e. The third-order valence-electron chi connectivity index (χ3n) is 2.50. The van der Waals surface area contributed by atoms with Crippen molar-refractivity contribution in [3.05, 3.63) is 57.1 Å². The van der Waals surface area contributed by atoms with Crippen LogP contribution in [-0.2, 0) is 14.8 Å². The monoisotopic (exact) mass is 309 g/mol. The van der Waals surface area contributed by atoms with Gasteiger partial charge in [-0.2, -0.15) is 8.42 Å². The van der Waals surface area contributed by atoms with Crippen LogP contribution in [0.1, 0.15) is 6.92 Å². The molecule has 2 aromatic rings. The molecule has 0 spiro atoms. The SMILES string of the molecule is CC(=O)Nc1ccc(S(=O)(=O)n2[nH]c(=O)ccc2=O)cc1. The van der Waals surface area contributed by atoms with Gasteiger partial charge in [0.05, 0.1) is 4.90 Å². The number of hydrogen-bond acceptors (Lipinski definition) is 5. The van der Waals surface area contributed by atoms with Crippen molar-refractivity contribution in [1.82, 2.24) is 9.19 Å². The van der Waals surface area contributed by atoms with Gasteiger partial charge in [-0.15, -0.1) is 4.09 Å². The highest BCUT2D eigenvalue weighted by molar-refractivity contribution is 7.89. The zero-order valence-electron chi connectivity index (χ0n) is 10.9. The zero-order valence-corrected chi connectivity index (χ0v) is 11.7. The van der Waals surface area contributed by atoms with Crippen molar-refractivity contribution >= 4 is 21.6 Å². The topological polar surface area (TPSA) is 118 Å². The second kappa shape index (κ2) is 5.37. The van der Waals surface area contributed by atoms with E-state index in [2.05, 4.69) is 5.32 Å². The van der Waals surface area contributed by atoms with Crippen LogP contribution in [-0.4, -0.2) is 23.5 Å². The summed E-state index contributed by atoms with van der Waals surface area (Å²) in [6.07, 6.45) is 0. The van der Waals surface area contributed by atoms with E-state index in [-0.39, 0.29) is 14.9 Å². The molecule has 0 saturated carbocycles. The summed E-state index contributed by atoms with van der Waals surface area (Å²) in [6, 6.07) is 6.99. The van der Waals surface area contributed by atoms with Crippen molar-refractivity contribution in [3.8, 4) is 0 Å². The third-order valence-corrected chi connectivity index (χ3v) is 4.12. The quantitative estimate of drug-likeness (QED) is 0.809. The number of H-pyrrole nitrogens is 1. The molecule has 9 heteroatoms. The van der Waals surface area contributed by atoms with Gasteiger partial charge >= 0.3 is 0 Å². The number of nitrogens with one attached hydrogen (secondary N) is 2. The van der Waals surface area contributed by atoms with E-state index in [1.54, 1.807) is 0 Å². The number of aromatic amines is 1. The molecule has 1 aromatic carbocycles. The van der Waals surface area contributed by atoms with Gasteiger partial charge in [-0.05, 0) is 24.3 Å². The molecule has 8 nitrogen and oxygen atoms in total. The number of aromatic nitrogens is 2. The lowest BCUT2D eigenvalue weighted by molar-refractivity contribution is -0.114. The van der Waals surface area contributed by atoms with Crippen molar-refractivity contribution in [2.75, 3.05) is 5.32 Å². The van der Waals surface area contributed by atoms with Crippen molar-refractivity contribution in [2.45, 2.75) is 11.8 Å². The molecule has 110 valence electrons. The van der Waals surface area contributed by atoms with Crippen LogP contribution in [0.25, 0.3) is 0 Å². The summed E-state index contributed by atoms with van der Waals surface area (Å²) in [5.74, 6) is -0.297. The van der Waals surface area contributed by atoms with Gasteiger partial charge in [0, 0.05) is 24.7 Å². The van der Waals surface area contributed by atoms with Crippen LogP contribution < -0.4 is 16.4 Å². The summed E-state index contributed by atoms with van der Waals surface area (Å²) >= 11 is 0. The largest absolute Gasteiger partial charge is 0.326 e. The number of benzene rings is 1. The summed E-state index contributed by atoms with van der Waals surface area (Å²) in [6.45, 7) is 1.32. The smallest absolute Gasteiger partial charge is 0.284 e. The standard InChI is InChI=1S/C12H11N3O5S/c1-8(16)13-9-2-4-10(5-3-9)21(19,20)15-12(18)7-6-11(17)14-15/h2-7H,1H3,(H,13,16)(H,14,17). The fourth-order valence-corrected chi connectivity index (χ4v) is 2.80. The Morgan fingerprint density at radius 3 is 2.29 bits per heavy atom. The van der Waals surface area contributed by atoms with Gasteiger partial charge in [-0.1, -0.05) is 0 Å². The van der Waals surface area contributed by atoms with E-state index in [9.17, 15) is 22.8 Å². The molecule has 0 radical (unpaired) electrons. The molecule has 0 fully saturated rings. The van der Waals surface area contributed by atoms with Gasteiger partial charge < -0.3 is 5.32 Å². The first-order valence-corrected chi connectivity index (χ1v) is 7.20. The highest BCUT2D eigenvalue weighted by Crippen LogP contribution is 2.15. The summed E-state index contributed by atoms with van der Waals surface area (Å²) in [5.41, 5.74) is -1.18. The molecule has 1 aromatic heterocycles. The second-order valence-corrected chi connectivity index (χ2v) is 5.91. The van der Waals surface area contributed by atoms with Crippen LogP contribution >= 0.6 is 0 Å². The molecule has 2 rings (SSSR count). The normalized spacial score (nSPS) is 11.1. The predicted molar refractivity (Wildman–Crippen MR) is 74.7 cm³/mol. The van der Waals surface area contributed by atoms with E-state index < -0.39 is 21.1 Å². The van der Waals surface area contributed by atoms with Gasteiger partial charge in [-0.25, -0.2) is 5.10 Å². The lowest BCUT2D eigenvalue weighted by Crippen LogP contribution is -2.33. The Balaban J connectivity index is 2.49. The number of carbonyl (C=O) groups excluding carboxylic acids is 1. The van der Waals surface area contributed by atoms with Gasteiger partial charge in [0.25, 0.3) is 21.1 Å². The zero-order chi connectivity index (χ0) is 15.6. The fraction of sp³-hybridized carbons (Fsp3) is 0.0833. The lowest BCUT2D eigenvalue weighted by atomic mass is 10.3. The lowest BCUT2D eigenvalue weighted by Gasteiger charge is -2.07. The van der Waals surface area contributed by atoms with E-state index in [4.69, 9.17) is 0 Å². The molecule has 0 aliphatic heterocycles. The Morgan fingerprint density at radius 1 is 1.10 bits per heavy atom. The number of anilines is 1. The third kappa shape index (κ3) is 3.08. The van der Waals surface area contributed by atoms with Crippen LogP contribution in [0, 0.1) is 0 Å². The number of rotatable bonds is 3. The Labute approximate surface area is 119 Å². The van der Waals surface area contributed by atoms with Crippen LogP contribution in [0.5, 0.6) is 0 Å². The molecule has 0 bridgehead atoms. The Hall–Kier alpha value is -2.68. The molecule has 0 unspecified atom stereocenters. The van der Waals surface area contributed by atoms with Crippen LogP contribution in [0.15, 0.2) is 50.9 Å². The first-order chi connectivity index (χ1) is 9.80. The summed E-state index contributed by atoms with van der Waals surface area (Å²) in [5, 5.41) is 4.44. The highest BCUT2D eigenvalue weighted by Gasteiger charge is 2.18. The fourth-order valence-electron chi connectivity index (χ4n) is 1.60. The van der Waals surface area contributed by atoms with Crippen LogP contribution in [0.4, 0.5) is 5.69 Å². The van der Waals surface area contributed by atoms with E-state index in [0.717, 1.165) is 12.1 Å². The minimum atomic E-state index is -4.20. The van der Waals surface area contributed by atoms with Gasteiger partial charge in [0.2, 0.25) is 5.91 Å². The highest BCUT2D eigenvalue weighted by atomic mass is 32.2.